The number of hydrogen-bond acceptors (Lipinski definition) is 5. The van der Waals surface area contributed by atoms with Crippen LogP contribution in [0, 0.1) is 0 Å². The van der Waals surface area contributed by atoms with E-state index in [1.165, 1.54) is 0 Å². The largest absolute Gasteiger partial charge is 0.362 e. The summed E-state index contributed by atoms with van der Waals surface area (Å²) in [6.07, 6.45) is 6.60. The normalized spacial score (nSPS) is 13.8. The number of hydrogen-bond donors (Lipinski definition) is 1. The minimum atomic E-state index is -0.0500. The van der Waals surface area contributed by atoms with E-state index < -0.39 is 0 Å². The topological polar surface area (TPSA) is 74.2 Å². The lowest BCUT2D eigenvalue weighted by Crippen LogP contribution is -2.41. The molecule has 0 saturated heterocycles. The summed E-state index contributed by atoms with van der Waals surface area (Å²) >= 11 is 0. The van der Waals surface area contributed by atoms with Crippen molar-refractivity contribution in [3.8, 4) is 0 Å². The molecule has 2 aromatic heterocycles. The van der Waals surface area contributed by atoms with E-state index in [1.807, 2.05) is 36.0 Å². The van der Waals surface area contributed by atoms with Crippen LogP contribution >= 0.6 is 0 Å². The summed E-state index contributed by atoms with van der Waals surface area (Å²) in [5, 5.41) is 2.96. The van der Waals surface area contributed by atoms with Gasteiger partial charge in [-0.25, -0.2) is 14.8 Å². The molecule has 2 amide bonds. The molecule has 24 heavy (non-hydrogen) atoms. The molecule has 1 N–H and O–H groups in total. The average molecular weight is 326 g/mol. The molecule has 0 radical (unpaired) electrons. The Kier molecular flexibility index (Phi) is 4.88. The smallest absolute Gasteiger partial charge is 0.317 e. The highest BCUT2D eigenvalue weighted by molar-refractivity contribution is 5.74. The molecule has 0 bridgehead atoms. The number of anilines is 1. The van der Waals surface area contributed by atoms with Crippen LogP contribution < -0.4 is 10.2 Å². The van der Waals surface area contributed by atoms with Gasteiger partial charge in [-0.2, -0.15) is 0 Å². The minimum absolute atomic E-state index is 0.0500. The second-order valence-electron chi connectivity index (χ2n) is 6.02. The van der Waals surface area contributed by atoms with Gasteiger partial charge in [0.15, 0.2) is 0 Å². The van der Waals surface area contributed by atoms with Crippen molar-refractivity contribution in [1.82, 2.24) is 25.2 Å². The van der Waals surface area contributed by atoms with E-state index in [2.05, 4.69) is 20.3 Å². The molecule has 0 spiro atoms. The van der Waals surface area contributed by atoms with Gasteiger partial charge in [0.05, 0.1) is 5.69 Å². The molecule has 7 heteroatoms. The Morgan fingerprint density at radius 3 is 2.88 bits per heavy atom. The highest BCUT2D eigenvalue weighted by Crippen LogP contribution is 2.22. The van der Waals surface area contributed by atoms with Gasteiger partial charge in [0.1, 0.15) is 12.1 Å². The van der Waals surface area contributed by atoms with E-state index in [-0.39, 0.29) is 6.03 Å². The molecule has 0 aliphatic carbocycles. The molecule has 0 fully saturated rings. The lowest BCUT2D eigenvalue weighted by molar-refractivity contribution is 0.200. The van der Waals surface area contributed by atoms with Gasteiger partial charge in [0.2, 0.25) is 0 Å². The van der Waals surface area contributed by atoms with Crippen LogP contribution in [-0.4, -0.2) is 53.1 Å². The maximum atomic E-state index is 12.4. The molecule has 7 nitrogen and oxygen atoms in total. The fraction of sp³-hybridized carbons (Fsp3) is 0.412. The van der Waals surface area contributed by atoms with Gasteiger partial charge in [0.25, 0.3) is 0 Å². The van der Waals surface area contributed by atoms with Crippen molar-refractivity contribution in [2.24, 2.45) is 0 Å². The molecular formula is C17H22N6O. The van der Waals surface area contributed by atoms with E-state index in [1.54, 1.807) is 18.7 Å². The number of rotatable bonds is 3. The number of amides is 2. The molecule has 0 saturated carbocycles. The summed E-state index contributed by atoms with van der Waals surface area (Å²) in [6, 6.07) is 3.77. The summed E-state index contributed by atoms with van der Waals surface area (Å²) in [5.74, 6) is 0.942. The van der Waals surface area contributed by atoms with Gasteiger partial charge in [-0.1, -0.05) is 6.07 Å². The van der Waals surface area contributed by atoms with E-state index in [0.29, 0.717) is 19.6 Å². The number of carbonyl (C=O) groups is 1. The van der Waals surface area contributed by atoms with Crippen LogP contribution in [0.3, 0.4) is 0 Å². The molecule has 3 heterocycles. The molecule has 126 valence electrons. The number of nitrogens with zero attached hydrogens (tertiary/aromatic N) is 5. The average Bonchev–Trinajstić information content (AvgIpc) is 2.83. The van der Waals surface area contributed by atoms with Crippen LogP contribution in [0.15, 0.2) is 30.9 Å². The first-order chi connectivity index (χ1) is 11.6. The summed E-state index contributed by atoms with van der Waals surface area (Å²) in [7, 11) is 3.96. The Morgan fingerprint density at radius 1 is 1.29 bits per heavy atom. The number of aromatic nitrogens is 3. The van der Waals surface area contributed by atoms with Gasteiger partial charge < -0.3 is 15.1 Å². The van der Waals surface area contributed by atoms with Gasteiger partial charge >= 0.3 is 6.03 Å². The lowest BCUT2D eigenvalue weighted by Gasteiger charge is -2.21. The molecule has 3 rings (SSSR count). The Balaban J connectivity index is 1.64. The summed E-state index contributed by atoms with van der Waals surface area (Å²) in [4.78, 5) is 29.1. The molecule has 1 aliphatic rings. The Labute approximate surface area is 141 Å². The van der Waals surface area contributed by atoms with Crippen molar-refractivity contribution in [3.05, 3.63) is 47.7 Å². The van der Waals surface area contributed by atoms with Crippen LogP contribution in [-0.2, 0) is 19.4 Å². The summed E-state index contributed by atoms with van der Waals surface area (Å²) in [6.45, 7) is 1.81. The van der Waals surface area contributed by atoms with Gasteiger partial charge in [-0.05, 0) is 18.1 Å². The number of fused-ring (bicyclic) bond motifs is 1. The fourth-order valence-corrected chi connectivity index (χ4v) is 2.89. The molecule has 0 aromatic carbocycles. The zero-order valence-electron chi connectivity index (χ0n) is 14.1. The van der Waals surface area contributed by atoms with Gasteiger partial charge in [-0.3, -0.25) is 4.98 Å². The van der Waals surface area contributed by atoms with Crippen LogP contribution in [0.25, 0.3) is 0 Å². The third-order valence-corrected chi connectivity index (χ3v) is 4.14. The molecule has 0 unspecified atom stereocenters. The van der Waals surface area contributed by atoms with Gasteiger partial charge in [0, 0.05) is 58.1 Å². The second kappa shape index (κ2) is 7.25. The summed E-state index contributed by atoms with van der Waals surface area (Å²) < 4.78 is 0. The molecule has 1 aliphatic heterocycles. The van der Waals surface area contributed by atoms with Crippen LogP contribution in [0.4, 0.5) is 10.6 Å². The first kappa shape index (κ1) is 16.2. The molecular weight excluding hydrogens is 304 g/mol. The zero-order chi connectivity index (χ0) is 16.9. The van der Waals surface area contributed by atoms with Crippen LogP contribution in [0.2, 0.25) is 0 Å². The van der Waals surface area contributed by atoms with Crippen molar-refractivity contribution < 1.29 is 4.79 Å². The second-order valence-corrected chi connectivity index (χ2v) is 6.02. The highest BCUT2D eigenvalue weighted by Gasteiger charge is 2.22. The highest BCUT2D eigenvalue weighted by atomic mass is 16.2. The predicted molar refractivity (Wildman–Crippen MR) is 91.8 cm³/mol. The first-order valence-corrected chi connectivity index (χ1v) is 8.07. The van der Waals surface area contributed by atoms with Crippen molar-refractivity contribution in [3.63, 3.8) is 0 Å². The number of pyridine rings is 1. The SMILES string of the molecule is CN(C)c1ncnc2c1CCN(C(=O)NCc1cccnc1)CC2. The fourth-order valence-electron chi connectivity index (χ4n) is 2.89. The molecule has 2 aromatic rings. The first-order valence-electron chi connectivity index (χ1n) is 8.07. The van der Waals surface area contributed by atoms with E-state index in [0.717, 1.165) is 35.5 Å². The summed E-state index contributed by atoms with van der Waals surface area (Å²) in [5.41, 5.74) is 3.17. The van der Waals surface area contributed by atoms with Crippen molar-refractivity contribution >= 4 is 11.8 Å². The lowest BCUT2D eigenvalue weighted by atomic mass is 10.1. The number of carbonyl (C=O) groups excluding carboxylic acids is 1. The van der Waals surface area contributed by atoms with Crippen molar-refractivity contribution in [1.29, 1.82) is 0 Å². The maximum Gasteiger partial charge on any atom is 0.317 e. The third-order valence-electron chi connectivity index (χ3n) is 4.14. The Morgan fingerprint density at radius 2 is 2.12 bits per heavy atom. The zero-order valence-corrected chi connectivity index (χ0v) is 14.1. The van der Waals surface area contributed by atoms with E-state index in [9.17, 15) is 4.79 Å². The number of nitrogens with one attached hydrogen (secondary N) is 1. The van der Waals surface area contributed by atoms with Crippen molar-refractivity contribution in [2.45, 2.75) is 19.4 Å². The van der Waals surface area contributed by atoms with Crippen molar-refractivity contribution in [2.75, 3.05) is 32.1 Å². The monoisotopic (exact) mass is 326 g/mol. The predicted octanol–water partition coefficient (Wildman–Crippen LogP) is 1.25. The standard InChI is InChI=1S/C17H22N6O/c1-22(2)16-14-5-8-23(9-6-15(14)20-12-21-16)17(24)19-11-13-4-3-7-18-10-13/h3-4,7,10,12H,5-6,8-9,11H2,1-2H3,(H,19,24). The number of urea groups is 1. The van der Waals surface area contributed by atoms with Gasteiger partial charge in [-0.15, -0.1) is 0 Å². The van der Waals surface area contributed by atoms with Crippen LogP contribution in [0.1, 0.15) is 16.8 Å². The van der Waals surface area contributed by atoms with E-state index >= 15 is 0 Å². The third kappa shape index (κ3) is 3.61. The quantitative estimate of drug-likeness (QED) is 0.919. The Hall–Kier alpha value is -2.70. The maximum absolute atomic E-state index is 12.4. The Bertz CT molecular complexity index is 703. The minimum Gasteiger partial charge on any atom is -0.362 e. The van der Waals surface area contributed by atoms with E-state index in [4.69, 9.17) is 0 Å². The molecule has 0 atom stereocenters. The van der Waals surface area contributed by atoms with Crippen LogP contribution in [0.5, 0.6) is 0 Å².